The molecule has 3 aromatic rings. The number of hydrogen-bond donors (Lipinski definition) is 2. The maximum atomic E-state index is 13.0. The van der Waals surface area contributed by atoms with E-state index in [1.807, 2.05) is 68.7 Å². The van der Waals surface area contributed by atoms with Crippen molar-refractivity contribution < 1.29 is 19.4 Å². The Bertz CT molecular complexity index is 1190. The van der Waals surface area contributed by atoms with Crippen LogP contribution >= 0.6 is 0 Å². The van der Waals surface area contributed by atoms with Gasteiger partial charge in [0, 0.05) is 12.2 Å². The Morgan fingerprint density at radius 1 is 1.03 bits per heavy atom. The fraction of sp³-hybridized carbons (Fsp3) is 0.192. The smallest absolute Gasteiger partial charge is 0.335 e. The van der Waals surface area contributed by atoms with E-state index in [0.29, 0.717) is 29.3 Å². The normalized spacial score (nSPS) is 15.3. The molecule has 1 unspecified atom stereocenters. The van der Waals surface area contributed by atoms with Crippen LogP contribution in [0, 0.1) is 0 Å². The first-order chi connectivity index (χ1) is 15.9. The molecule has 7 nitrogen and oxygen atoms in total. The van der Waals surface area contributed by atoms with E-state index in [1.165, 1.54) is 12.1 Å². The number of carbonyl (C=O) groups is 2. The molecule has 1 heterocycles. The van der Waals surface area contributed by atoms with Crippen LogP contribution in [0.4, 0.5) is 11.4 Å². The highest BCUT2D eigenvalue weighted by atomic mass is 16.5. The molecule has 0 bridgehead atoms. The van der Waals surface area contributed by atoms with Crippen LogP contribution in [0.15, 0.2) is 77.8 Å². The Morgan fingerprint density at radius 2 is 1.76 bits per heavy atom. The highest BCUT2D eigenvalue weighted by molar-refractivity contribution is 6.24. The minimum absolute atomic E-state index is 0.123. The topological polar surface area (TPSA) is 91.2 Å². The van der Waals surface area contributed by atoms with E-state index in [4.69, 9.17) is 9.73 Å². The predicted molar refractivity (Wildman–Crippen MR) is 128 cm³/mol. The van der Waals surface area contributed by atoms with E-state index in [-0.39, 0.29) is 11.5 Å². The van der Waals surface area contributed by atoms with Gasteiger partial charge in [0.05, 0.1) is 17.0 Å². The molecule has 1 atom stereocenters. The van der Waals surface area contributed by atoms with E-state index in [2.05, 4.69) is 10.2 Å². The molecule has 1 aliphatic rings. The maximum Gasteiger partial charge on any atom is 0.335 e. The second kappa shape index (κ2) is 9.67. The molecule has 0 saturated heterocycles. The maximum absolute atomic E-state index is 13.0. The average molecular weight is 444 g/mol. The van der Waals surface area contributed by atoms with E-state index < -0.39 is 11.9 Å². The van der Waals surface area contributed by atoms with Crippen LogP contribution < -0.4 is 10.1 Å². The zero-order chi connectivity index (χ0) is 23.4. The number of aromatic carboxylic acids is 1. The summed E-state index contributed by atoms with van der Waals surface area (Å²) in [5, 5.41) is 12.1. The van der Waals surface area contributed by atoms with Crippen molar-refractivity contribution in [2.45, 2.75) is 5.92 Å². The van der Waals surface area contributed by atoms with Crippen LogP contribution in [-0.2, 0) is 4.79 Å². The minimum atomic E-state index is -1.04. The van der Waals surface area contributed by atoms with Gasteiger partial charge in [0.2, 0.25) is 5.91 Å². The van der Waals surface area contributed by atoms with Crippen molar-refractivity contribution >= 4 is 29.0 Å². The summed E-state index contributed by atoms with van der Waals surface area (Å²) in [5.41, 5.74) is 3.43. The van der Waals surface area contributed by atoms with E-state index in [1.54, 1.807) is 6.07 Å². The first-order valence-electron chi connectivity index (χ1n) is 10.6. The number of carbonyl (C=O) groups excluding carboxylic acids is 1. The van der Waals surface area contributed by atoms with Crippen molar-refractivity contribution in [3.63, 3.8) is 0 Å². The highest BCUT2D eigenvalue weighted by Crippen LogP contribution is 2.37. The van der Waals surface area contributed by atoms with Gasteiger partial charge in [-0.05, 0) is 61.6 Å². The molecule has 4 rings (SSSR count). The van der Waals surface area contributed by atoms with E-state index in [0.717, 1.165) is 17.9 Å². The van der Waals surface area contributed by atoms with Crippen LogP contribution in [0.1, 0.15) is 27.4 Å². The molecule has 0 aromatic heterocycles. The number of fused-ring (bicyclic) bond motifs is 1. The molecule has 3 aromatic carbocycles. The van der Waals surface area contributed by atoms with Crippen molar-refractivity contribution in [1.82, 2.24) is 4.90 Å². The Kier molecular flexibility index (Phi) is 6.51. The SMILES string of the molecule is CN(C)CCOc1ccc(N=C(c2ccccc2)C2C(=O)Nc3cc(C(=O)O)ccc32)cc1. The van der Waals surface area contributed by atoms with Crippen molar-refractivity contribution in [2.24, 2.45) is 4.99 Å². The summed E-state index contributed by atoms with van der Waals surface area (Å²) in [6, 6.07) is 21.6. The Morgan fingerprint density at radius 3 is 2.42 bits per heavy atom. The van der Waals surface area contributed by atoms with Crippen molar-refractivity contribution in [3.8, 4) is 5.75 Å². The fourth-order valence-electron chi connectivity index (χ4n) is 3.67. The number of nitrogens with zero attached hydrogens (tertiary/aromatic N) is 2. The number of ether oxygens (including phenoxy) is 1. The number of anilines is 1. The number of aliphatic imine (C=N–C) groups is 1. The summed E-state index contributed by atoms with van der Waals surface area (Å²) in [6.45, 7) is 1.40. The third-order valence-electron chi connectivity index (χ3n) is 5.37. The van der Waals surface area contributed by atoms with Crippen molar-refractivity contribution in [2.75, 3.05) is 32.6 Å². The number of carboxylic acids is 1. The van der Waals surface area contributed by atoms with Crippen LogP contribution in [0.25, 0.3) is 0 Å². The molecule has 0 aliphatic carbocycles. The highest BCUT2D eigenvalue weighted by Gasteiger charge is 2.35. The zero-order valence-electron chi connectivity index (χ0n) is 18.5. The van der Waals surface area contributed by atoms with Gasteiger partial charge < -0.3 is 20.1 Å². The molecule has 168 valence electrons. The zero-order valence-corrected chi connectivity index (χ0v) is 18.5. The van der Waals surface area contributed by atoms with Gasteiger partial charge in [-0.2, -0.15) is 0 Å². The molecule has 1 amide bonds. The summed E-state index contributed by atoms with van der Waals surface area (Å²) >= 11 is 0. The number of likely N-dealkylation sites (N-methyl/N-ethyl adjacent to an activating group) is 1. The quantitative estimate of drug-likeness (QED) is 0.510. The van der Waals surface area contributed by atoms with Gasteiger partial charge in [-0.1, -0.05) is 36.4 Å². The lowest BCUT2D eigenvalue weighted by Crippen LogP contribution is -2.21. The minimum Gasteiger partial charge on any atom is -0.492 e. The molecule has 2 N–H and O–H groups in total. The number of carboxylic acid groups (broad SMARTS) is 1. The number of amides is 1. The van der Waals surface area contributed by atoms with Crippen LogP contribution in [-0.4, -0.2) is 54.8 Å². The van der Waals surface area contributed by atoms with Gasteiger partial charge in [0.25, 0.3) is 0 Å². The Labute approximate surface area is 192 Å². The summed E-state index contributed by atoms with van der Waals surface area (Å²) in [4.78, 5) is 31.2. The summed E-state index contributed by atoms with van der Waals surface area (Å²) in [7, 11) is 3.98. The van der Waals surface area contributed by atoms with Crippen LogP contribution in [0.2, 0.25) is 0 Å². The molecular weight excluding hydrogens is 418 g/mol. The van der Waals surface area contributed by atoms with Crippen molar-refractivity contribution in [3.05, 3.63) is 89.5 Å². The molecular formula is C26H25N3O4. The summed E-state index contributed by atoms with van der Waals surface area (Å²) in [6.07, 6.45) is 0. The van der Waals surface area contributed by atoms with Gasteiger partial charge in [0.15, 0.2) is 0 Å². The van der Waals surface area contributed by atoms with E-state index in [9.17, 15) is 14.7 Å². The third kappa shape index (κ3) is 5.10. The summed E-state index contributed by atoms with van der Waals surface area (Å²) in [5.74, 6) is -1.18. The Balaban J connectivity index is 1.68. The van der Waals surface area contributed by atoms with E-state index >= 15 is 0 Å². The van der Waals surface area contributed by atoms with Gasteiger partial charge >= 0.3 is 5.97 Å². The second-order valence-electron chi connectivity index (χ2n) is 8.04. The lowest BCUT2D eigenvalue weighted by atomic mass is 9.90. The fourth-order valence-corrected chi connectivity index (χ4v) is 3.67. The lowest BCUT2D eigenvalue weighted by Gasteiger charge is -2.14. The summed E-state index contributed by atoms with van der Waals surface area (Å²) < 4.78 is 5.75. The van der Waals surface area contributed by atoms with Gasteiger partial charge in [-0.3, -0.25) is 9.79 Å². The standard InChI is InChI=1S/C26H25N3O4/c1-29(2)14-15-33-20-11-9-19(10-12-20)27-24(17-6-4-3-5-7-17)23-21-13-8-18(26(31)32)16-22(21)28-25(23)30/h3-13,16,23H,14-15H2,1-2H3,(H,28,30)(H,31,32). The Hall–Kier alpha value is -3.97. The van der Waals surface area contributed by atoms with Crippen LogP contribution in [0.3, 0.4) is 0 Å². The second-order valence-corrected chi connectivity index (χ2v) is 8.04. The number of hydrogen-bond acceptors (Lipinski definition) is 5. The number of rotatable bonds is 8. The molecule has 33 heavy (non-hydrogen) atoms. The number of benzene rings is 3. The van der Waals surface area contributed by atoms with Gasteiger partial charge in [0.1, 0.15) is 18.3 Å². The molecule has 0 fully saturated rings. The largest absolute Gasteiger partial charge is 0.492 e. The van der Waals surface area contributed by atoms with Gasteiger partial charge in [-0.25, -0.2) is 4.79 Å². The monoisotopic (exact) mass is 443 g/mol. The average Bonchev–Trinajstić information content (AvgIpc) is 3.13. The first-order valence-corrected chi connectivity index (χ1v) is 10.6. The molecule has 0 spiro atoms. The molecule has 7 heteroatoms. The van der Waals surface area contributed by atoms with Crippen LogP contribution in [0.5, 0.6) is 5.75 Å². The lowest BCUT2D eigenvalue weighted by molar-refractivity contribution is -0.115. The number of nitrogens with one attached hydrogen (secondary N) is 1. The first kappa shape index (κ1) is 22.2. The molecule has 1 aliphatic heterocycles. The molecule has 0 radical (unpaired) electrons. The third-order valence-corrected chi connectivity index (χ3v) is 5.37. The predicted octanol–water partition coefficient (Wildman–Crippen LogP) is 4.18. The molecule has 0 saturated carbocycles. The van der Waals surface area contributed by atoms with Gasteiger partial charge in [-0.15, -0.1) is 0 Å². The van der Waals surface area contributed by atoms with Crippen molar-refractivity contribution in [1.29, 1.82) is 0 Å².